The summed E-state index contributed by atoms with van der Waals surface area (Å²) in [6.45, 7) is 2.01. The van der Waals surface area contributed by atoms with Crippen molar-refractivity contribution in [3.05, 3.63) is 95.6 Å². The number of carbonyl (C=O) groups excluding carboxylic acids is 2. The van der Waals surface area contributed by atoms with Gasteiger partial charge in [-0.2, -0.15) is 0 Å². The summed E-state index contributed by atoms with van der Waals surface area (Å²) in [5.74, 6) is 0.742. The first-order valence-corrected chi connectivity index (χ1v) is 13.3. The summed E-state index contributed by atoms with van der Waals surface area (Å²) in [4.78, 5) is 25.9. The zero-order chi connectivity index (χ0) is 28.3. The molecule has 2 aliphatic heterocycles. The van der Waals surface area contributed by atoms with Gasteiger partial charge < -0.3 is 24.1 Å². The molecule has 2 saturated heterocycles. The number of imide groups is 1. The Morgan fingerprint density at radius 3 is 2.00 bits per heavy atom. The lowest BCUT2D eigenvalue weighted by molar-refractivity contribution is -0.130. The second-order valence-corrected chi connectivity index (χ2v) is 10.1. The number of ether oxygens (including phenoxy) is 4. The van der Waals surface area contributed by atoms with E-state index in [1.54, 1.807) is 21.1 Å². The van der Waals surface area contributed by atoms with E-state index in [0.717, 1.165) is 16.7 Å². The summed E-state index contributed by atoms with van der Waals surface area (Å²) >= 11 is 0. The van der Waals surface area contributed by atoms with Crippen LogP contribution in [0.5, 0.6) is 11.5 Å². The Bertz CT molecular complexity index is 1270. The highest BCUT2D eigenvalue weighted by Gasteiger charge is 2.45. The Kier molecular flexibility index (Phi) is 8.07. The third kappa shape index (κ3) is 5.28. The number of hydrogen-bond acceptors (Lipinski definition) is 7. The molecule has 4 atom stereocenters. The molecule has 0 spiro atoms. The predicted octanol–water partition coefficient (Wildman–Crippen LogP) is 3.68. The lowest BCUT2D eigenvalue weighted by Crippen LogP contribution is -2.57. The molecule has 2 heterocycles. The number of aliphatic hydroxyl groups is 1. The Labute approximate surface area is 233 Å². The molecule has 9 heteroatoms. The van der Waals surface area contributed by atoms with Crippen molar-refractivity contribution in [2.24, 2.45) is 5.92 Å². The van der Waals surface area contributed by atoms with Crippen molar-refractivity contribution in [2.45, 2.75) is 37.4 Å². The molecule has 0 aliphatic carbocycles. The molecule has 2 aliphatic rings. The van der Waals surface area contributed by atoms with Gasteiger partial charge in [0.05, 0.1) is 32.8 Å². The topological polar surface area (TPSA) is 107 Å². The predicted molar refractivity (Wildman–Crippen MR) is 147 cm³/mol. The standard InChI is InChI=1S/C31H34N2O7/c1-20-18-33(30(36)32-29(20)35)28-17-26(34)27(40-28)19-39-31(21-7-5-4-6-8-21,22-9-13-24(37-2)14-10-22)23-11-15-25(38-3)16-12-23/h4-16,20,26-28,34H,17-19H2,1-3H3,(H,32,35,36)/t20-,26+,27-,28-/m1/s1. The third-order valence-electron chi connectivity index (χ3n) is 7.60. The van der Waals surface area contributed by atoms with Crippen molar-refractivity contribution in [1.82, 2.24) is 10.2 Å². The summed E-state index contributed by atoms with van der Waals surface area (Å²) in [7, 11) is 3.24. The Morgan fingerprint density at radius 1 is 0.900 bits per heavy atom. The molecule has 0 saturated carbocycles. The van der Waals surface area contributed by atoms with Crippen LogP contribution in [0.2, 0.25) is 0 Å². The monoisotopic (exact) mass is 546 g/mol. The maximum absolute atomic E-state index is 12.5. The van der Waals surface area contributed by atoms with Crippen molar-refractivity contribution >= 4 is 11.9 Å². The van der Waals surface area contributed by atoms with Crippen LogP contribution in [-0.4, -0.2) is 67.8 Å². The number of benzene rings is 3. The molecule has 0 radical (unpaired) electrons. The van der Waals surface area contributed by atoms with Crippen molar-refractivity contribution in [3.63, 3.8) is 0 Å². The summed E-state index contributed by atoms with van der Waals surface area (Å²) in [5, 5.41) is 13.3. The van der Waals surface area contributed by atoms with Crippen LogP contribution >= 0.6 is 0 Å². The SMILES string of the molecule is COc1ccc(C(OC[C@H]2O[C@@H](N3C[C@@H](C)C(=O)NC3=O)C[C@@H]2O)(c2ccccc2)c2ccc(OC)cc2)cc1. The fourth-order valence-electron chi connectivity index (χ4n) is 5.35. The molecule has 0 unspecified atom stereocenters. The zero-order valence-electron chi connectivity index (χ0n) is 22.8. The van der Waals surface area contributed by atoms with E-state index in [-0.39, 0.29) is 31.4 Å². The molecule has 0 aromatic heterocycles. The second-order valence-electron chi connectivity index (χ2n) is 10.1. The summed E-state index contributed by atoms with van der Waals surface area (Å²) in [6.07, 6.45) is -2.03. The fourth-order valence-corrected chi connectivity index (χ4v) is 5.35. The van der Waals surface area contributed by atoms with Crippen LogP contribution in [0.25, 0.3) is 0 Å². The number of nitrogens with zero attached hydrogens (tertiary/aromatic N) is 1. The highest BCUT2D eigenvalue weighted by Crippen LogP contribution is 2.42. The maximum atomic E-state index is 12.5. The average molecular weight is 547 g/mol. The number of rotatable bonds is 9. The van der Waals surface area contributed by atoms with E-state index in [9.17, 15) is 14.7 Å². The fraction of sp³-hybridized carbons (Fsp3) is 0.355. The van der Waals surface area contributed by atoms with Crippen molar-refractivity contribution < 1.29 is 33.6 Å². The van der Waals surface area contributed by atoms with Gasteiger partial charge in [-0.15, -0.1) is 0 Å². The van der Waals surface area contributed by atoms with Crippen LogP contribution in [0, 0.1) is 5.92 Å². The van der Waals surface area contributed by atoms with Gasteiger partial charge in [0.1, 0.15) is 29.4 Å². The smallest absolute Gasteiger partial charge is 0.326 e. The van der Waals surface area contributed by atoms with Crippen LogP contribution in [0.15, 0.2) is 78.9 Å². The van der Waals surface area contributed by atoms with Gasteiger partial charge in [0.2, 0.25) is 5.91 Å². The minimum absolute atomic E-state index is 0.0363. The van der Waals surface area contributed by atoms with Crippen LogP contribution in [0.1, 0.15) is 30.0 Å². The van der Waals surface area contributed by atoms with E-state index in [0.29, 0.717) is 11.5 Å². The van der Waals surface area contributed by atoms with Gasteiger partial charge in [-0.05, 0) is 41.0 Å². The van der Waals surface area contributed by atoms with Gasteiger partial charge >= 0.3 is 6.03 Å². The first-order chi connectivity index (χ1) is 19.3. The van der Waals surface area contributed by atoms with E-state index in [2.05, 4.69) is 5.32 Å². The van der Waals surface area contributed by atoms with E-state index in [1.165, 1.54) is 4.90 Å². The number of methoxy groups -OCH3 is 2. The molecule has 210 valence electrons. The Balaban J connectivity index is 1.49. The van der Waals surface area contributed by atoms with Gasteiger partial charge in [0.25, 0.3) is 0 Å². The lowest BCUT2D eigenvalue weighted by atomic mass is 9.80. The molecule has 9 nitrogen and oxygen atoms in total. The first-order valence-electron chi connectivity index (χ1n) is 13.3. The lowest BCUT2D eigenvalue weighted by Gasteiger charge is -2.37. The van der Waals surface area contributed by atoms with E-state index in [4.69, 9.17) is 18.9 Å². The Morgan fingerprint density at radius 2 is 1.45 bits per heavy atom. The van der Waals surface area contributed by atoms with Gasteiger partial charge in [-0.3, -0.25) is 15.0 Å². The quantitative estimate of drug-likeness (QED) is 0.395. The maximum Gasteiger partial charge on any atom is 0.326 e. The van der Waals surface area contributed by atoms with Crippen LogP contribution in [0.4, 0.5) is 4.79 Å². The first kappa shape index (κ1) is 27.6. The summed E-state index contributed by atoms with van der Waals surface area (Å²) in [6, 6.07) is 24.7. The van der Waals surface area contributed by atoms with Crippen molar-refractivity contribution in [2.75, 3.05) is 27.4 Å². The van der Waals surface area contributed by atoms with Crippen molar-refractivity contribution in [1.29, 1.82) is 0 Å². The molecule has 0 bridgehead atoms. The molecular weight excluding hydrogens is 512 g/mol. The Hall–Kier alpha value is -3.92. The number of aliphatic hydroxyl groups excluding tert-OH is 1. The molecule has 40 heavy (non-hydrogen) atoms. The zero-order valence-corrected chi connectivity index (χ0v) is 22.8. The normalized spacial score (nSPS) is 23.1. The van der Waals surface area contributed by atoms with Gasteiger partial charge in [-0.1, -0.05) is 61.5 Å². The molecule has 2 fully saturated rings. The number of urea groups is 1. The van der Waals surface area contributed by atoms with E-state index >= 15 is 0 Å². The summed E-state index contributed by atoms with van der Waals surface area (Å²) < 4.78 is 23.8. The van der Waals surface area contributed by atoms with Gasteiger partial charge in [0, 0.05) is 13.0 Å². The number of carbonyl (C=O) groups is 2. The van der Waals surface area contributed by atoms with Gasteiger partial charge in [-0.25, -0.2) is 4.79 Å². The van der Waals surface area contributed by atoms with Crippen LogP contribution in [-0.2, 0) is 19.9 Å². The molecule has 2 N–H and O–H groups in total. The molecule has 3 aromatic carbocycles. The average Bonchev–Trinajstić information content (AvgIpc) is 3.36. The third-order valence-corrected chi connectivity index (χ3v) is 7.60. The largest absolute Gasteiger partial charge is 0.497 e. The van der Waals surface area contributed by atoms with Crippen LogP contribution in [0.3, 0.4) is 0 Å². The highest BCUT2D eigenvalue weighted by molar-refractivity contribution is 5.97. The molecule has 5 rings (SSSR count). The second kappa shape index (κ2) is 11.7. The van der Waals surface area contributed by atoms with Crippen LogP contribution < -0.4 is 14.8 Å². The molecule has 3 amide bonds. The van der Waals surface area contributed by atoms with E-state index < -0.39 is 30.1 Å². The van der Waals surface area contributed by atoms with E-state index in [1.807, 2.05) is 78.9 Å². The van der Waals surface area contributed by atoms with Gasteiger partial charge in [0.15, 0.2) is 0 Å². The minimum atomic E-state index is -1.07. The number of amides is 3. The molecule has 3 aromatic rings. The number of hydrogen-bond donors (Lipinski definition) is 2. The van der Waals surface area contributed by atoms with Crippen molar-refractivity contribution in [3.8, 4) is 11.5 Å². The highest BCUT2D eigenvalue weighted by atomic mass is 16.6. The summed E-state index contributed by atoms with van der Waals surface area (Å²) in [5.41, 5.74) is 1.54. The minimum Gasteiger partial charge on any atom is -0.497 e. The number of nitrogens with one attached hydrogen (secondary N) is 1. The molecular formula is C31H34N2O7.